The summed E-state index contributed by atoms with van der Waals surface area (Å²) < 4.78 is 24.8. The van der Waals surface area contributed by atoms with Crippen LogP contribution in [0.3, 0.4) is 0 Å². The molecule has 0 radical (unpaired) electrons. The van der Waals surface area contributed by atoms with Gasteiger partial charge in [-0.2, -0.15) is 0 Å². The molecule has 0 aromatic heterocycles. The molecule has 2 aromatic carbocycles. The highest BCUT2D eigenvalue weighted by Crippen LogP contribution is 2.51. The number of likely N-dealkylation sites (N-methyl/N-ethyl adjacent to an activating group) is 1. The molecule has 0 aliphatic heterocycles. The molecule has 0 heterocycles. The number of amides is 1. The van der Waals surface area contributed by atoms with Crippen molar-refractivity contribution in [1.82, 2.24) is 9.21 Å². The summed E-state index contributed by atoms with van der Waals surface area (Å²) in [6, 6.07) is 5.53. The van der Waals surface area contributed by atoms with Crippen molar-refractivity contribution in [2.75, 3.05) is 27.4 Å². The van der Waals surface area contributed by atoms with Crippen molar-refractivity contribution < 1.29 is 42.6 Å². The van der Waals surface area contributed by atoms with Gasteiger partial charge in [0.05, 0.1) is 23.8 Å². The Morgan fingerprint density at radius 1 is 1.10 bits per heavy atom. The number of carbonyl (C=O) groups excluding carboxylic acids is 5. The van der Waals surface area contributed by atoms with Crippen molar-refractivity contribution in [3.63, 3.8) is 0 Å². The number of aliphatic hydroxyl groups is 1. The van der Waals surface area contributed by atoms with E-state index < -0.39 is 80.1 Å². The van der Waals surface area contributed by atoms with Crippen LogP contribution in [0.15, 0.2) is 24.3 Å². The number of fused-ring (bicyclic) bond motifs is 4. The van der Waals surface area contributed by atoms with Crippen LogP contribution in [0.5, 0.6) is 5.75 Å². The van der Waals surface area contributed by atoms with Gasteiger partial charge in [0, 0.05) is 24.9 Å². The molecule has 2 saturated carbocycles. The number of carbonyl (C=O) groups is 5. The van der Waals surface area contributed by atoms with Crippen LogP contribution < -0.4 is 5.73 Å². The number of nitrogens with two attached hydrogens (primary N) is 1. The standard InChI is InChI=1S/C28H31N3O9S/c1-30(2)21-17-10-15-9-14-8-13-6-5-12(11-31(3)41(4,39)40)7-16(13)22(32)18(14)23(33)19(15)25(35)28(17,38)26(36)20(24(21)34)27(29)37/h5-8,15,17,19-21,32,38H,9-11H2,1-4H3,(H2,29,37)/t15-,17-,19?,20?,21-,28-/m0/s1. The number of Topliss-reactive ketones (excluding diaryl/α,β-unsaturated/α-hetero) is 4. The van der Waals surface area contributed by atoms with Crippen molar-refractivity contribution in [3.05, 3.63) is 41.0 Å². The van der Waals surface area contributed by atoms with Crippen LogP contribution in [0, 0.1) is 23.7 Å². The first-order valence-corrected chi connectivity index (χ1v) is 14.9. The second kappa shape index (κ2) is 9.51. The Labute approximate surface area is 236 Å². The van der Waals surface area contributed by atoms with Crippen molar-refractivity contribution in [1.29, 1.82) is 0 Å². The van der Waals surface area contributed by atoms with Gasteiger partial charge in [0.2, 0.25) is 15.9 Å². The topological polar surface area (TPSA) is 192 Å². The lowest BCUT2D eigenvalue weighted by Gasteiger charge is -2.52. The Kier molecular flexibility index (Phi) is 6.73. The molecule has 1 amide bonds. The molecule has 0 saturated heterocycles. The minimum atomic E-state index is -3.47. The summed E-state index contributed by atoms with van der Waals surface area (Å²) in [5.74, 6) is -11.0. The molecule has 41 heavy (non-hydrogen) atoms. The SMILES string of the molecule is CN(C)[C@@H]1C(=O)C(C(N)=O)C(=O)[C@@]2(O)C(=O)C3C(=O)c4c(cc5ccc(CN(C)S(C)(=O)=O)cc5c4O)C[C@H]3C[C@@H]12. The predicted octanol–water partition coefficient (Wildman–Crippen LogP) is -0.588. The van der Waals surface area contributed by atoms with E-state index in [0.717, 1.165) is 10.6 Å². The molecule has 3 aliphatic rings. The monoisotopic (exact) mass is 585 g/mol. The number of benzene rings is 2. The van der Waals surface area contributed by atoms with E-state index in [1.165, 1.54) is 26.0 Å². The third-order valence-corrected chi connectivity index (χ3v) is 10.2. The van der Waals surface area contributed by atoms with Gasteiger partial charge >= 0.3 is 0 Å². The van der Waals surface area contributed by atoms with Crippen LogP contribution >= 0.6 is 0 Å². The van der Waals surface area contributed by atoms with E-state index in [9.17, 15) is 42.6 Å². The van der Waals surface area contributed by atoms with Crippen molar-refractivity contribution in [3.8, 4) is 5.75 Å². The third kappa shape index (κ3) is 4.21. The molecule has 2 fully saturated rings. The average Bonchev–Trinajstić information content (AvgIpc) is 2.85. The number of phenols is 1. The number of aromatic hydroxyl groups is 1. The number of rotatable bonds is 5. The van der Waals surface area contributed by atoms with Crippen molar-refractivity contribution >= 4 is 49.8 Å². The Balaban J connectivity index is 1.60. The van der Waals surface area contributed by atoms with Gasteiger partial charge in [0.25, 0.3) is 0 Å². The lowest BCUT2D eigenvalue weighted by atomic mass is 9.52. The number of hydrogen-bond acceptors (Lipinski definition) is 10. The molecule has 2 unspecified atom stereocenters. The van der Waals surface area contributed by atoms with E-state index >= 15 is 0 Å². The molecule has 12 nitrogen and oxygen atoms in total. The van der Waals surface area contributed by atoms with Gasteiger partial charge in [-0.1, -0.05) is 18.2 Å². The van der Waals surface area contributed by atoms with E-state index in [1.807, 2.05) is 0 Å². The third-order valence-electron chi connectivity index (χ3n) is 8.90. The molecular weight excluding hydrogens is 554 g/mol. The predicted molar refractivity (Wildman–Crippen MR) is 145 cm³/mol. The molecule has 0 bridgehead atoms. The normalized spacial score (nSPS) is 30.0. The quantitative estimate of drug-likeness (QED) is 0.382. The number of phenolic OH excluding ortho intramolecular Hbond substituents is 1. The fourth-order valence-corrected chi connectivity index (χ4v) is 7.28. The van der Waals surface area contributed by atoms with E-state index in [0.29, 0.717) is 16.5 Å². The highest BCUT2D eigenvalue weighted by Gasteiger charge is 2.69. The Morgan fingerprint density at radius 2 is 1.76 bits per heavy atom. The zero-order valence-corrected chi connectivity index (χ0v) is 23.8. The summed E-state index contributed by atoms with van der Waals surface area (Å²) in [5, 5.41) is 23.8. The van der Waals surface area contributed by atoms with Crippen LogP contribution in [0.1, 0.15) is 27.9 Å². The van der Waals surface area contributed by atoms with Crippen molar-refractivity contribution in [2.24, 2.45) is 29.4 Å². The van der Waals surface area contributed by atoms with E-state index in [-0.39, 0.29) is 30.3 Å². The summed E-state index contributed by atoms with van der Waals surface area (Å²) in [4.78, 5) is 67.9. The largest absolute Gasteiger partial charge is 0.507 e. The molecule has 3 aliphatic carbocycles. The maximum absolute atomic E-state index is 13.9. The number of nitrogens with zero attached hydrogens (tertiary/aromatic N) is 2. The zero-order chi connectivity index (χ0) is 30.3. The van der Waals surface area contributed by atoms with Crippen LogP contribution in [0.2, 0.25) is 0 Å². The summed E-state index contributed by atoms with van der Waals surface area (Å²) in [6.45, 7) is 0.0196. The van der Waals surface area contributed by atoms with Gasteiger partial charge in [-0.3, -0.25) is 28.9 Å². The maximum Gasteiger partial charge on any atom is 0.235 e. The number of hydrogen-bond donors (Lipinski definition) is 3. The van der Waals surface area contributed by atoms with E-state index in [2.05, 4.69) is 0 Å². The number of primary amides is 1. The summed E-state index contributed by atoms with van der Waals surface area (Å²) >= 11 is 0. The lowest BCUT2D eigenvalue weighted by molar-refractivity contribution is -0.181. The van der Waals surface area contributed by atoms with Crippen LogP contribution in [-0.2, 0) is 42.2 Å². The Morgan fingerprint density at radius 3 is 2.34 bits per heavy atom. The van der Waals surface area contributed by atoms with Gasteiger partial charge in [0.1, 0.15) is 5.75 Å². The van der Waals surface area contributed by atoms with E-state index in [1.54, 1.807) is 24.3 Å². The van der Waals surface area contributed by atoms with Gasteiger partial charge in [-0.05, 0) is 55.4 Å². The second-order valence-electron chi connectivity index (χ2n) is 11.6. The van der Waals surface area contributed by atoms with Gasteiger partial charge in [0.15, 0.2) is 34.7 Å². The second-order valence-corrected chi connectivity index (χ2v) is 13.7. The molecular formula is C28H31N3O9S. The van der Waals surface area contributed by atoms with Gasteiger partial charge in [-0.15, -0.1) is 0 Å². The maximum atomic E-state index is 13.9. The first kappa shape index (κ1) is 29.0. The summed E-state index contributed by atoms with van der Waals surface area (Å²) in [7, 11) is 0.992. The van der Waals surface area contributed by atoms with Crippen LogP contribution in [-0.4, -0.2) is 95.9 Å². The number of sulfonamides is 1. The Bertz CT molecular complexity index is 1670. The van der Waals surface area contributed by atoms with Crippen LogP contribution in [0.4, 0.5) is 0 Å². The highest BCUT2D eigenvalue weighted by atomic mass is 32.2. The first-order chi connectivity index (χ1) is 19.0. The molecule has 5 rings (SSSR count). The Hall–Kier alpha value is -3.52. The average molecular weight is 586 g/mol. The fourth-order valence-electron chi connectivity index (χ4n) is 6.89. The zero-order valence-electron chi connectivity index (χ0n) is 22.9. The summed E-state index contributed by atoms with van der Waals surface area (Å²) in [6.07, 6.45) is 1.20. The van der Waals surface area contributed by atoms with Crippen molar-refractivity contribution in [2.45, 2.75) is 31.0 Å². The highest BCUT2D eigenvalue weighted by molar-refractivity contribution is 7.88. The molecule has 0 spiro atoms. The summed E-state index contributed by atoms with van der Waals surface area (Å²) in [5.41, 5.74) is 3.47. The minimum absolute atomic E-state index is 0.0196. The molecule has 2 aromatic rings. The smallest absolute Gasteiger partial charge is 0.235 e. The van der Waals surface area contributed by atoms with Gasteiger partial charge in [-0.25, -0.2) is 12.7 Å². The van der Waals surface area contributed by atoms with E-state index in [4.69, 9.17) is 5.73 Å². The van der Waals surface area contributed by atoms with Gasteiger partial charge < -0.3 is 15.9 Å². The molecule has 6 atom stereocenters. The fraction of sp³-hybridized carbons (Fsp3) is 0.464. The molecule has 13 heteroatoms. The van der Waals surface area contributed by atoms with Crippen LogP contribution in [0.25, 0.3) is 10.8 Å². The molecule has 4 N–H and O–H groups in total. The number of ketones is 4. The lowest BCUT2D eigenvalue weighted by Crippen LogP contribution is -2.74. The molecule has 218 valence electrons. The minimum Gasteiger partial charge on any atom is -0.507 e. The first-order valence-electron chi connectivity index (χ1n) is 13.0.